The predicted molar refractivity (Wildman–Crippen MR) is 102 cm³/mol. The second-order valence-corrected chi connectivity index (χ2v) is 7.75. The molecule has 2 atom stereocenters. The third-order valence-electron chi connectivity index (χ3n) is 5.73. The van der Waals surface area contributed by atoms with Gasteiger partial charge in [-0.3, -0.25) is 4.79 Å². The van der Waals surface area contributed by atoms with E-state index in [4.69, 9.17) is 15.2 Å². The first-order chi connectivity index (χ1) is 14.2. The number of ether oxygens (including phenoxy) is 2. The maximum Gasteiger partial charge on any atom is 0.416 e. The predicted octanol–water partition coefficient (Wildman–Crippen LogP) is 1.96. The average Bonchev–Trinajstić information content (AvgIpc) is 2.94. The number of halogens is 2. The van der Waals surface area contributed by atoms with Crippen LogP contribution in [0, 0.1) is 0 Å². The summed E-state index contributed by atoms with van der Waals surface area (Å²) in [6.45, 7) is 2.03. The molecule has 1 aromatic heterocycles. The summed E-state index contributed by atoms with van der Waals surface area (Å²) in [6.07, 6.45) is 0.301. The van der Waals surface area contributed by atoms with Crippen molar-refractivity contribution in [3.8, 4) is 17.1 Å². The van der Waals surface area contributed by atoms with Gasteiger partial charge in [-0.2, -0.15) is 0 Å². The Kier molecular flexibility index (Phi) is 3.77. The van der Waals surface area contributed by atoms with Crippen LogP contribution in [0.15, 0.2) is 24.4 Å². The van der Waals surface area contributed by atoms with E-state index in [-0.39, 0.29) is 12.4 Å². The van der Waals surface area contributed by atoms with E-state index in [0.717, 1.165) is 4.90 Å². The normalized spacial score (nSPS) is 24.4. The second kappa shape index (κ2) is 6.07. The molecule has 2 fully saturated rings. The Labute approximate surface area is 169 Å². The SMILES string of the molecule is CC(Nc1ccc2c(c1)OCCn1cc(N3C(=O)OC[C@]34CC4(F)F)nc1-2)C(N)=O. The van der Waals surface area contributed by atoms with Crippen molar-refractivity contribution in [3.63, 3.8) is 0 Å². The molecule has 2 aromatic rings. The number of aromatic nitrogens is 2. The molecule has 1 aromatic carbocycles. The van der Waals surface area contributed by atoms with Crippen LogP contribution in [0.3, 0.4) is 0 Å². The minimum absolute atomic E-state index is 0.127. The molecule has 3 aliphatic rings. The number of nitrogens with one attached hydrogen (secondary N) is 1. The van der Waals surface area contributed by atoms with Crippen LogP contribution < -0.4 is 20.7 Å². The fraction of sp³-hybridized carbons (Fsp3) is 0.421. The van der Waals surface area contributed by atoms with E-state index in [1.807, 2.05) is 0 Å². The van der Waals surface area contributed by atoms with Crippen LogP contribution in [0.1, 0.15) is 13.3 Å². The van der Waals surface area contributed by atoms with E-state index in [9.17, 15) is 18.4 Å². The highest BCUT2D eigenvalue weighted by Crippen LogP contribution is 2.60. The van der Waals surface area contributed by atoms with Crippen LogP contribution in [0.5, 0.6) is 5.75 Å². The van der Waals surface area contributed by atoms with Gasteiger partial charge in [-0.05, 0) is 19.1 Å². The summed E-state index contributed by atoms with van der Waals surface area (Å²) in [7, 11) is 0. The lowest BCUT2D eigenvalue weighted by Crippen LogP contribution is -2.40. The average molecular weight is 419 g/mol. The van der Waals surface area contributed by atoms with Crippen molar-refractivity contribution in [2.75, 3.05) is 23.4 Å². The molecule has 0 radical (unpaired) electrons. The summed E-state index contributed by atoms with van der Waals surface area (Å²) in [4.78, 5) is 28.9. The molecule has 9 nitrogen and oxygen atoms in total. The number of hydrogen-bond acceptors (Lipinski definition) is 6. The van der Waals surface area contributed by atoms with Gasteiger partial charge in [-0.1, -0.05) is 0 Å². The van der Waals surface area contributed by atoms with Crippen molar-refractivity contribution in [1.29, 1.82) is 0 Å². The van der Waals surface area contributed by atoms with Crippen LogP contribution in [-0.2, 0) is 16.1 Å². The molecule has 2 amide bonds. The van der Waals surface area contributed by atoms with E-state index in [1.165, 1.54) is 0 Å². The standard InChI is InChI=1S/C19H19F2N5O4/c1-10(15(22)27)23-11-2-3-12-13(6-11)29-5-4-25-7-14(24-16(12)25)26-17(28)30-9-18(26)8-19(18,20)21/h2-3,6-7,10,23H,4-5,8-9H2,1H3,(H2,22,27)/t10?,18-/m0/s1. The van der Waals surface area contributed by atoms with Crippen molar-refractivity contribution >= 4 is 23.5 Å². The number of hydrogen-bond donors (Lipinski definition) is 2. The van der Waals surface area contributed by atoms with Gasteiger partial charge in [0.1, 0.15) is 30.8 Å². The number of primary amides is 1. The van der Waals surface area contributed by atoms with E-state index in [0.29, 0.717) is 36.0 Å². The van der Waals surface area contributed by atoms with E-state index in [1.54, 1.807) is 35.9 Å². The lowest BCUT2D eigenvalue weighted by molar-refractivity contribution is -0.118. The number of rotatable bonds is 4. The van der Waals surface area contributed by atoms with Crippen LogP contribution in [0.4, 0.5) is 25.1 Å². The maximum absolute atomic E-state index is 14.0. The molecule has 1 saturated carbocycles. The number of benzene rings is 1. The smallest absolute Gasteiger partial charge is 0.416 e. The number of cyclic esters (lactones) is 1. The molecule has 11 heteroatoms. The molecular weight excluding hydrogens is 400 g/mol. The lowest BCUT2D eigenvalue weighted by atomic mass is 10.1. The van der Waals surface area contributed by atoms with Crippen molar-refractivity contribution in [1.82, 2.24) is 9.55 Å². The van der Waals surface area contributed by atoms with E-state index in [2.05, 4.69) is 10.3 Å². The van der Waals surface area contributed by atoms with Crippen molar-refractivity contribution in [2.24, 2.45) is 5.73 Å². The molecule has 1 unspecified atom stereocenters. The third-order valence-corrected chi connectivity index (χ3v) is 5.73. The number of anilines is 2. The van der Waals surface area contributed by atoms with Gasteiger partial charge in [-0.25, -0.2) is 23.5 Å². The highest BCUT2D eigenvalue weighted by molar-refractivity contribution is 5.92. The first-order valence-electron chi connectivity index (χ1n) is 9.47. The molecule has 158 valence electrons. The second-order valence-electron chi connectivity index (χ2n) is 7.75. The largest absolute Gasteiger partial charge is 0.491 e. The molecule has 3 N–H and O–H groups in total. The van der Waals surface area contributed by atoms with Crippen LogP contribution in [0.25, 0.3) is 11.4 Å². The molecule has 1 spiro atoms. The van der Waals surface area contributed by atoms with Crippen LogP contribution in [0.2, 0.25) is 0 Å². The van der Waals surface area contributed by atoms with Gasteiger partial charge in [-0.15, -0.1) is 0 Å². The Bertz CT molecular complexity index is 1070. The summed E-state index contributed by atoms with van der Waals surface area (Å²) in [6, 6.07) is 4.65. The number of amides is 2. The van der Waals surface area contributed by atoms with Crippen molar-refractivity contribution < 1.29 is 27.8 Å². The molecular formula is C19H19F2N5O4. The summed E-state index contributed by atoms with van der Waals surface area (Å²) in [5, 5.41) is 2.99. The Morgan fingerprint density at radius 3 is 2.83 bits per heavy atom. The van der Waals surface area contributed by atoms with Gasteiger partial charge in [0.15, 0.2) is 11.4 Å². The molecule has 5 rings (SSSR count). The first kappa shape index (κ1) is 18.6. The quantitative estimate of drug-likeness (QED) is 0.784. The number of fused-ring (bicyclic) bond motifs is 3. The number of alkyl halides is 2. The summed E-state index contributed by atoms with van der Waals surface area (Å²) >= 11 is 0. The number of nitrogens with two attached hydrogens (primary N) is 1. The topological polar surface area (TPSA) is 112 Å². The molecule has 30 heavy (non-hydrogen) atoms. The number of imidazole rings is 1. The zero-order chi connectivity index (χ0) is 21.3. The third kappa shape index (κ3) is 2.61. The minimum atomic E-state index is -3.00. The Hall–Kier alpha value is -3.37. The van der Waals surface area contributed by atoms with Gasteiger partial charge in [0.2, 0.25) is 5.91 Å². The zero-order valence-electron chi connectivity index (χ0n) is 16.0. The van der Waals surface area contributed by atoms with Gasteiger partial charge in [0.25, 0.3) is 5.92 Å². The number of carbonyl (C=O) groups is 2. The fourth-order valence-corrected chi connectivity index (χ4v) is 3.91. The van der Waals surface area contributed by atoms with Gasteiger partial charge >= 0.3 is 6.09 Å². The Morgan fingerprint density at radius 2 is 2.13 bits per heavy atom. The van der Waals surface area contributed by atoms with E-state index < -0.39 is 35.9 Å². The molecule has 2 aliphatic heterocycles. The van der Waals surface area contributed by atoms with Crippen LogP contribution >= 0.6 is 0 Å². The fourth-order valence-electron chi connectivity index (χ4n) is 3.91. The molecule has 3 heterocycles. The monoisotopic (exact) mass is 419 g/mol. The minimum Gasteiger partial charge on any atom is -0.491 e. The Morgan fingerprint density at radius 1 is 1.37 bits per heavy atom. The van der Waals surface area contributed by atoms with Crippen molar-refractivity contribution in [3.05, 3.63) is 24.4 Å². The number of carbonyl (C=O) groups excluding carboxylic acids is 2. The highest BCUT2D eigenvalue weighted by atomic mass is 19.3. The van der Waals surface area contributed by atoms with Gasteiger partial charge in [0.05, 0.1) is 12.1 Å². The zero-order valence-corrected chi connectivity index (χ0v) is 16.0. The lowest BCUT2D eigenvalue weighted by Gasteiger charge is -2.18. The van der Waals surface area contributed by atoms with E-state index >= 15 is 0 Å². The van der Waals surface area contributed by atoms with Crippen LogP contribution in [-0.4, -0.2) is 52.3 Å². The van der Waals surface area contributed by atoms with Gasteiger partial charge in [0, 0.05) is 24.4 Å². The maximum atomic E-state index is 14.0. The summed E-state index contributed by atoms with van der Waals surface area (Å²) < 4.78 is 40.5. The van der Waals surface area contributed by atoms with Gasteiger partial charge < -0.3 is 25.1 Å². The summed E-state index contributed by atoms with van der Waals surface area (Å²) in [5.74, 6) is -2.36. The molecule has 0 bridgehead atoms. The number of nitrogens with zero attached hydrogens (tertiary/aromatic N) is 3. The highest BCUT2D eigenvalue weighted by Gasteiger charge is 2.79. The van der Waals surface area contributed by atoms with Crippen molar-refractivity contribution in [2.45, 2.75) is 37.4 Å². The molecule has 1 aliphatic carbocycles. The summed E-state index contributed by atoms with van der Waals surface area (Å²) in [5.41, 5.74) is 4.92. The Balaban J connectivity index is 1.51. The first-order valence-corrected chi connectivity index (χ1v) is 9.47. The molecule has 1 saturated heterocycles.